The number of imide groups is 2. The van der Waals surface area contributed by atoms with Crippen molar-refractivity contribution in [3.63, 3.8) is 0 Å². The summed E-state index contributed by atoms with van der Waals surface area (Å²) in [6.45, 7) is 4.21. The third kappa shape index (κ3) is 7.03. The molecule has 5 amide bonds. The van der Waals surface area contributed by atoms with Crippen LogP contribution in [-0.4, -0.2) is 43.6 Å². The lowest BCUT2D eigenvalue weighted by Gasteiger charge is -2.27. The first-order valence-corrected chi connectivity index (χ1v) is 13.3. The van der Waals surface area contributed by atoms with Crippen molar-refractivity contribution >= 4 is 52.8 Å². The van der Waals surface area contributed by atoms with Crippen LogP contribution < -0.4 is 29.7 Å². The number of para-hydroxylation sites is 2. The van der Waals surface area contributed by atoms with E-state index in [9.17, 15) is 19.2 Å². The Morgan fingerprint density at radius 2 is 1.68 bits per heavy atom. The van der Waals surface area contributed by atoms with E-state index in [4.69, 9.17) is 25.8 Å². The van der Waals surface area contributed by atoms with Gasteiger partial charge in [0.25, 0.3) is 17.7 Å². The minimum atomic E-state index is -0.900. The van der Waals surface area contributed by atoms with E-state index in [0.717, 1.165) is 11.3 Å². The number of ether oxygens (including phenoxy) is 3. The highest BCUT2D eigenvalue weighted by atomic mass is 35.5. The normalized spacial score (nSPS) is 14.1. The summed E-state index contributed by atoms with van der Waals surface area (Å²) in [5, 5.41) is 5.24. The molecule has 1 aliphatic rings. The van der Waals surface area contributed by atoms with Crippen molar-refractivity contribution in [3.05, 3.63) is 82.9 Å². The predicted molar refractivity (Wildman–Crippen MR) is 154 cm³/mol. The van der Waals surface area contributed by atoms with E-state index in [2.05, 4.69) is 10.6 Å². The number of amides is 5. The highest BCUT2D eigenvalue weighted by molar-refractivity contribution is 6.39. The molecule has 2 N–H and O–H groups in total. The number of benzene rings is 3. The van der Waals surface area contributed by atoms with Gasteiger partial charge in [-0.15, -0.1) is 0 Å². The lowest BCUT2D eigenvalue weighted by atomic mass is 10.1. The van der Waals surface area contributed by atoms with Crippen LogP contribution >= 0.6 is 11.6 Å². The van der Waals surface area contributed by atoms with Crippen LogP contribution in [0.1, 0.15) is 25.8 Å². The van der Waals surface area contributed by atoms with Gasteiger partial charge in [0.05, 0.1) is 29.6 Å². The van der Waals surface area contributed by atoms with Crippen LogP contribution in [0.5, 0.6) is 17.2 Å². The van der Waals surface area contributed by atoms with Crippen molar-refractivity contribution in [2.45, 2.75) is 20.3 Å². The number of rotatable bonds is 11. The molecule has 1 aliphatic heterocycles. The number of hydrogen-bond acceptors (Lipinski definition) is 7. The molecule has 41 heavy (non-hydrogen) atoms. The molecule has 0 aliphatic carbocycles. The second-order valence-electron chi connectivity index (χ2n) is 8.72. The first-order chi connectivity index (χ1) is 19.8. The smallest absolute Gasteiger partial charge is 0.335 e. The lowest BCUT2D eigenvalue weighted by molar-refractivity contribution is -0.122. The average molecular weight is 578 g/mol. The Balaban J connectivity index is 1.57. The van der Waals surface area contributed by atoms with Crippen molar-refractivity contribution in [3.8, 4) is 17.2 Å². The number of hydrogen-bond donors (Lipinski definition) is 2. The van der Waals surface area contributed by atoms with E-state index in [1.54, 1.807) is 61.5 Å². The van der Waals surface area contributed by atoms with Gasteiger partial charge < -0.3 is 19.5 Å². The molecule has 0 bridgehead atoms. The number of carbonyl (C=O) groups is 4. The zero-order chi connectivity index (χ0) is 29.4. The third-order valence-corrected chi connectivity index (χ3v) is 6.10. The summed E-state index contributed by atoms with van der Waals surface area (Å²) < 4.78 is 17.0. The van der Waals surface area contributed by atoms with Gasteiger partial charge in [-0.25, -0.2) is 9.69 Å². The van der Waals surface area contributed by atoms with Crippen LogP contribution in [0.3, 0.4) is 0 Å². The summed E-state index contributed by atoms with van der Waals surface area (Å²) in [5.41, 5.74) is 0.679. The summed E-state index contributed by atoms with van der Waals surface area (Å²) in [6.07, 6.45) is 2.09. The van der Waals surface area contributed by atoms with Gasteiger partial charge in [-0.05, 0) is 49.8 Å². The second-order valence-corrected chi connectivity index (χ2v) is 9.13. The molecule has 0 radical (unpaired) electrons. The molecule has 212 valence electrons. The van der Waals surface area contributed by atoms with Gasteiger partial charge in [0, 0.05) is 11.6 Å². The topological polar surface area (TPSA) is 123 Å². The van der Waals surface area contributed by atoms with E-state index >= 15 is 0 Å². The maximum absolute atomic E-state index is 13.5. The Morgan fingerprint density at radius 3 is 2.44 bits per heavy atom. The van der Waals surface area contributed by atoms with Crippen LogP contribution in [0, 0.1) is 0 Å². The lowest BCUT2D eigenvalue weighted by Crippen LogP contribution is -2.54. The van der Waals surface area contributed by atoms with Crippen LogP contribution in [0.4, 0.5) is 16.2 Å². The second kappa shape index (κ2) is 13.5. The van der Waals surface area contributed by atoms with Gasteiger partial charge >= 0.3 is 6.03 Å². The Hall–Kier alpha value is -4.83. The van der Waals surface area contributed by atoms with E-state index < -0.39 is 23.8 Å². The monoisotopic (exact) mass is 577 g/mol. The van der Waals surface area contributed by atoms with Gasteiger partial charge in [0.15, 0.2) is 18.1 Å². The molecule has 0 aromatic heterocycles. The van der Waals surface area contributed by atoms with Crippen LogP contribution in [0.15, 0.2) is 72.3 Å². The minimum Gasteiger partial charge on any atom is -0.490 e. The van der Waals surface area contributed by atoms with Gasteiger partial charge in [0.2, 0.25) is 0 Å². The SMILES string of the molecule is CCCOc1ccc(N2C(=O)NC(=O)/C(=C\c3ccccc3OCC(=O)Nc3ccccc3Cl)C2=O)cc1OCC. The fourth-order valence-electron chi connectivity index (χ4n) is 3.91. The van der Waals surface area contributed by atoms with Gasteiger partial charge in [-0.1, -0.05) is 48.9 Å². The van der Waals surface area contributed by atoms with Gasteiger partial charge in [0.1, 0.15) is 11.3 Å². The number of halogens is 1. The molecule has 1 saturated heterocycles. The molecule has 4 rings (SSSR count). The maximum Gasteiger partial charge on any atom is 0.335 e. The molecular formula is C30H28ClN3O7. The van der Waals surface area contributed by atoms with Crippen molar-refractivity contribution < 1.29 is 33.4 Å². The molecule has 3 aromatic carbocycles. The molecule has 0 atom stereocenters. The fraction of sp³-hybridized carbons (Fsp3) is 0.200. The Morgan fingerprint density at radius 1 is 0.927 bits per heavy atom. The van der Waals surface area contributed by atoms with Crippen molar-refractivity contribution in [2.75, 3.05) is 30.0 Å². The molecular weight excluding hydrogens is 550 g/mol. The zero-order valence-electron chi connectivity index (χ0n) is 22.4. The predicted octanol–water partition coefficient (Wildman–Crippen LogP) is 5.21. The van der Waals surface area contributed by atoms with Gasteiger partial charge in [-0.3, -0.25) is 19.7 Å². The molecule has 1 heterocycles. The molecule has 0 unspecified atom stereocenters. The molecule has 10 nitrogen and oxygen atoms in total. The highest BCUT2D eigenvalue weighted by Gasteiger charge is 2.37. The Kier molecular flexibility index (Phi) is 9.60. The number of urea groups is 1. The third-order valence-electron chi connectivity index (χ3n) is 5.77. The number of barbiturate groups is 1. The number of anilines is 2. The molecule has 3 aromatic rings. The summed E-state index contributed by atoms with van der Waals surface area (Å²) in [5.74, 6) is -1.09. The van der Waals surface area contributed by atoms with Crippen LogP contribution in [0.2, 0.25) is 5.02 Å². The maximum atomic E-state index is 13.5. The number of nitrogens with one attached hydrogen (secondary N) is 2. The summed E-state index contributed by atoms with van der Waals surface area (Å²) in [6, 6.07) is 17.1. The van der Waals surface area contributed by atoms with Crippen molar-refractivity contribution in [1.29, 1.82) is 0 Å². The first-order valence-electron chi connectivity index (χ1n) is 12.9. The summed E-state index contributed by atoms with van der Waals surface area (Å²) in [4.78, 5) is 52.3. The first kappa shape index (κ1) is 29.2. The standard InChI is InChI=1S/C30H28ClN3O7/c1-3-15-40-25-14-13-20(17-26(25)39-4-2)34-29(37)21(28(36)33-30(34)38)16-19-9-5-8-12-24(19)41-18-27(35)32-23-11-7-6-10-22(23)31/h5-14,16-17H,3-4,15,18H2,1-2H3,(H,32,35)(H,33,36,38)/b21-16+. The highest BCUT2D eigenvalue weighted by Crippen LogP contribution is 2.34. The van der Waals surface area contributed by atoms with Crippen molar-refractivity contribution in [1.82, 2.24) is 5.32 Å². The number of nitrogens with zero attached hydrogens (tertiary/aromatic N) is 1. The largest absolute Gasteiger partial charge is 0.490 e. The van der Waals surface area contributed by atoms with E-state index in [-0.39, 0.29) is 23.6 Å². The molecule has 1 fully saturated rings. The Bertz CT molecular complexity index is 1500. The fourth-order valence-corrected chi connectivity index (χ4v) is 4.09. The van der Waals surface area contributed by atoms with E-state index in [1.165, 1.54) is 18.2 Å². The van der Waals surface area contributed by atoms with Crippen LogP contribution in [0.25, 0.3) is 6.08 Å². The number of carbonyl (C=O) groups excluding carboxylic acids is 4. The van der Waals surface area contributed by atoms with Crippen LogP contribution in [-0.2, 0) is 14.4 Å². The quantitative estimate of drug-likeness (QED) is 0.237. The van der Waals surface area contributed by atoms with Gasteiger partial charge in [-0.2, -0.15) is 0 Å². The zero-order valence-corrected chi connectivity index (χ0v) is 23.2. The van der Waals surface area contributed by atoms with E-state index in [0.29, 0.717) is 41.0 Å². The molecule has 0 saturated carbocycles. The molecule has 11 heteroatoms. The van der Waals surface area contributed by atoms with E-state index in [1.807, 2.05) is 6.92 Å². The van der Waals surface area contributed by atoms with Crippen molar-refractivity contribution in [2.24, 2.45) is 0 Å². The summed E-state index contributed by atoms with van der Waals surface area (Å²) >= 11 is 6.09. The minimum absolute atomic E-state index is 0.193. The Labute approximate surface area is 241 Å². The molecule has 0 spiro atoms. The summed E-state index contributed by atoms with van der Waals surface area (Å²) in [7, 11) is 0. The average Bonchev–Trinajstić information content (AvgIpc) is 2.95.